The van der Waals surface area contributed by atoms with Crippen LogP contribution < -0.4 is 22.1 Å². The number of hydrogen-bond donors (Lipinski definition) is 5. The number of rotatable bonds is 12. The van der Waals surface area contributed by atoms with Crippen LogP contribution in [0.1, 0.15) is 50.3 Å². The number of alkyl halides is 3. The maximum absolute atomic E-state index is 15.0. The first-order valence-corrected chi connectivity index (χ1v) is 14.3. The van der Waals surface area contributed by atoms with Crippen molar-refractivity contribution >= 4 is 28.5 Å². The Kier molecular flexibility index (Phi) is 10.3. The van der Waals surface area contributed by atoms with E-state index in [9.17, 15) is 18.0 Å². The Morgan fingerprint density at radius 3 is 2.53 bits per heavy atom. The third-order valence-electron chi connectivity index (χ3n) is 6.94. The second-order valence-corrected chi connectivity index (χ2v) is 11.0. The van der Waals surface area contributed by atoms with Crippen molar-refractivity contribution in [2.75, 3.05) is 13.1 Å². The minimum absolute atomic E-state index is 0.00776. The van der Waals surface area contributed by atoms with Crippen molar-refractivity contribution in [1.82, 2.24) is 25.2 Å². The first-order valence-electron chi connectivity index (χ1n) is 13.9. The molecule has 0 saturated carbocycles. The van der Waals surface area contributed by atoms with Crippen molar-refractivity contribution in [1.29, 1.82) is 5.41 Å². The van der Waals surface area contributed by atoms with Gasteiger partial charge in [-0.1, -0.05) is 23.7 Å². The maximum Gasteiger partial charge on any atom is 0.407 e. The number of nitrogens with zero attached hydrogens (tertiary/aromatic N) is 2. The predicted molar refractivity (Wildman–Crippen MR) is 162 cm³/mol. The molecule has 2 aromatic heterocycles. The summed E-state index contributed by atoms with van der Waals surface area (Å²) in [6, 6.07) is 8.56. The highest BCUT2D eigenvalue weighted by atomic mass is 35.5. The van der Waals surface area contributed by atoms with Crippen molar-refractivity contribution in [3.05, 3.63) is 81.1 Å². The molecule has 0 aliphatic rings. The number of aromatic amines is 1. The van der Waals surface area contributed by atoms with Gasteiger partial charge >= 0.3 is 11.9 Å². The zero-order valence-corrected chi connectivity index (χ0v) is 24.5. The molecule has 4 rings (SSSR count). The molecule has 0 spiro atoms. The lowest BCUT2D eigenvalue weighted by Gasteiger charge is -2.22. The van der Waals surface area contributed by atoms with Gasteiger partial charge < -0.3 is 21.4 Å². The van der Waals surface area contributed by atoms with Crippen LogP contribution in [0, 0.1) is 11.2 Å². The van der Waals surface area contributed by atoms with Crippen molar-refractivity contribution in [2.24, 2.45) is 5.73 Å². The number of benzene rings is 2. The summed E-state index contributed by atoms with van der Waals surface area (Å²) in [5.74, 6) is -0.361. The van der Waals surface area contributed by atoms with Gasteiger partial charge in [0.05, 0.1) is 22.2 Å². The van der Waals surface area contributed by atoms with Crippen LogP contribution in [0.3, 0.4) is 0 Å². The predicted octanol–water partition coefficient (Wildman–Crippen LogP) is 6.01. The molecule has 13 heteroatoms. The van der Waals surface area contributed by atoms with E-state index in [1.807, 2.05) is 6.92 Å². The summed E-state index contributed by atoms with van der Waals surface area (Å²) >= 11 is 6.19. The van der Waals surface area contributed by atoms with Gasteiger partial charge in [0.2, 0.25) is 0 Å². The van der Waals surface area contributed by atoms with Crippen molar-refractivity contribution in [3.63, 3.8) is 0 Å². The van der Waals surface area contributed by atoms with Crippen LogP contribution in [0.4, 0.5) is 17.6 Å². The monoisotopic (exact) mass is 619 g/mol. The number of fused-ring (bicyclic) bond motifs is 1. The molecule has 6 N–H and O–H groups in total. The van der Waals surface area contributed by atoms with Crippen LogP contribution in [0.5, 0.6) is 0 Å². The fourth-order valence-electron chi connectivity index (χ4n) is 4.80. The van der Waals surface area contributed by atoms with Crippen LogP contribution >= 0.6 is 11.6 Å². The van der Waals surface area contributed by atoms with Gasteiger partial charge in [-0.3, -0.25) is 9.98 Å². The molecule has 0 saturated heterocycles. The lowest BCUT2D eigenvalue weighted by Crippen LogP contribution is -2.36. The molecule has 0 fully saturated rings. The van der Waals surface area contributed by atoms with Crippen molar-refractivity contribution < 1.29 is 17.6 Å². The first kappa shape index (κ1) is 32.2. The minimum atomic E-state index is -4.54. The average Bonchev–Trinajstić information content (AvgIpc) is 3.33. The van der Waals surface area contributed by atoms with Gasteiger partial charge in [0.1, 0.15) is 11.7 Å². The zero-order chi connectivity index (χ0) is 31.3. The fourth-order valence-corrected chi connectivity index (χ4v) is 5.04. The maximum atomic E-state index is 15.0. The van der Waals surface area contributed by atoms with Gasteiger partial charge in [-0.25, -0.2) is 9.18 Å². The molecule has 2 heterocycles. The summed E-state index contributed by atoms with van der Waals surface area (Å²) in [5.41, 5.74) is 7.19. The SMILES string of the molecule is CC(=N)NCCCNC(c1ccc(-n2cc3cc(-c4cc(CCC[C@H](C)N)cc(Cl)c4F)[nH]c3nc2=O)cc1)C(F)(F)F. The summed E-state index contributed by atoms with van der Waals surface area (Å²) < 4.78 is 57.7. The van der Waals surface area contributed by atoms with Crippen LogP contribution in [0.25, 0.3) is 28.0 Å². The van der Waals surface area contributed by atoms with E-state index < -0.39 is 23.7 Å². The number of aryl methyl sites for hydroxylation is 1. The molecule has 0 bridgehead atoms. The fraction of sp³-hybridized carbons (Fsp3) is 0.367. The smallest absolute Gasteiger partial charge is 0.374 e. The van der Waals surface area contributed by atoms with Crippen molar-refractivity contribution in [3.8, 4) is 16.9 Å². The number of hydrogen-bond acceptors (Lipinski definition) is 5. The lowest BCUT2D eigenvalue weighted by molar-refractivity contribution is -0.157. The van der Waals surface area contributed by atoms with E-state index >= 15 is 4.39 Å². The Balaban J connectivity index is 1.58. The lowest BCUT2D eigenvalue weighted by atomic mass is 10.0. The van der Waals surface area contributed by atoms with E-state index in [0.717, 1.165) is 18.4 Å². The van der Waals surface area contributed by atoms with Gasteiger partial charge in [0.25, 0.3) is 0 Å². The standard InChI is InChI=1S/C30H34ClF4N7O/c1-17(36)5-3-6-19-13-23(26(32)24(31)14-19)25-15-21-16-42(29(43)41-28(21)40-25)22-9-7-20(8-10-22)27(30(33,34)35)39-12-4-11-38-18(2)37/h7-10,13-17,27,39H,3-6,11-12,36H2,1-2H3,(H2,37,38)(H,40,41,43)/t17-,27?/m0/s1. The Labute approximate surface area is 251 Å². The molecule has 0 radical (unpaired) electrons. The van der Waals surface area contributed by atoms with E-state index in [0.29, 0.717) is 36.2 Å². The number of halogens is 5. The second-order valence-electron chi connectivity index (χ2n) is 10.6. The molecule has 2 atom stereocenters. The number of nitrogens with one attached hydrogen (secondary N) is 4. The first-order chi connectivity index (χ1) is 20.3. The molecule has 0 amide bonds. The third kappa shape index (κ3) is 8.21. The van der Waals surface area contributed by atoms with E-state index in [4.69, 9.17) is 22.7 Å². The molecule has 4 aromatic rings. The summed E-state index contributed by atoms with van der Waals surface area (Å²) in [5, 5.41) is 13.1. The number of aromatic nitrogens is 3. The summed E-state index contributed by atoms with van der Waals surface area (Å²) in [6.07, 6.45) is -0.346. The number of H-pyrrole nitrogens is 1. The second kappa shape index (κ2) is 13.7. The molecule has 0 aliphatic heterocycles. The molecule has 1 unspecified atom stereocenters. The Hall–Kier alpha value is -3.74. The van der Waals surface area contributed by atoms with Gasteiger partial charge in [-0.05, 0) is 87.5 Å². The largest absolute Gasteiger partial charge is 0.407 e. The Bertz CT molecular complexity index is 1630. The molecular weight excluding hydrogens is 586 g/mol. The number of amidine groups is 1. The molecule has 230 valence electrons. The van der Waals surface area contributed by atoms with Gasteiger partial charge in [-0.15, -0.1) is 0 Å². The highest BCUT2D eigenvalue weighted by molar-refractivity contribution is 6.31. The van der Waals surface area contributed by atoms with Crippen LogP contribution in [0.15, 0.2) is 53.5 Å². The van der Waals surface area contributed by atoms with Gasteiger partial charge in [-0.2, -0.15) is 18.2 Å². The quantitative estimate of drug-likeness (QED) is 0.0575. The summed E-state index contributed by atoms with van der Waals surface area (Å²) in [4.78, 5) is 19.9. The Morgan fingerprint density at radius 2 is 1.88 bits per heavy atom. The zero-order valence-electron chi connectivity index (χ0n) is 23.8. The molecular formula is C30H34ClF4N7O. The third-order valence-corrected chi connectivity index (χ3v) is 7.21. The normalized spacial score (nSPS) is 13.3. The van der Waals surface area contributed by atoms with Gasteiger partial charge in [0.15, 0.2) is 5.82 Å². The van der Waals surface area contributed by atoms with E-state index in [1.54, 1.807) is 25.1 Å². The highest BCUT2D eigenvalue weighted by Gasteiger charge is 2.40. The van der Waals surface area contributed by atoms with E-state index in [2.05, 4.69) is 20.6 Å². The number of nitrogens with two attached hydrogens (primary N) is 1. The molecule has 8 nitrogen and oxygen atoms in total. The summed E-state index contributed by atoms with van der Waals surface area (Å²) in [7, 11) is 0. The molecule has 2 aromatic carbocycles. The summed E-state index contributed by atoms with van der Waals surface area (Å²) in [6.45, 7) is 3.95. The van der Waals surface area contributed by atoms with Crippen molar-refractivity contribution in [2.45, 2.75) is 57.8 Å². The molecule has 43 heavy (non-hydrogen) atoms. The highest BCUT2D eigenvalue weighted by Crippen LogP contribution is 2.34. The van der Waals surface area contributed by atoms with Crippen LogP contribution in [-0.4, -0.2) is 45.7 Å². The topological polar surface area (TPSA) is 125 Å². The van der Waals surface area contributed by atoms with E-state index in [1.165, 1.54) is 35.0 Å². The van der Waals surface area contributed by atoms with Crippen LogP contribution in [-0.2, 0) is 6.42 Å². The van der Waals surface area contributed by atoms with E-state index in [-0.39, 0.29) is 40.2 Å². The van der Waals surface area contributed by atoms with Gasteiger partial charge in [0, 0.05) is 29.7 Å². The molecule has 0 aliphatic carbocycles. The average molecular weight is 620 g/mol. The van der Waals surface area contributed by atoms with Crippen LogP contribution in [0.2, 0.25) is 5.02 Å². The Morgan fingerprint density at radius 1 is 1.16 bits per heavy atom. The minimum Gasteiger partial charge on any atom is -0.374 e.